The summed E-state index contributed by atoms with van der Waals surface area (Å²) in [6, 6.07) is 2.48. The summed E-state index contributed by atoms with van der Waals surface area (Å²) in [7, 11) is 0. The molecule has 35 heavy (non-hydrogen) atoms. The first-order valence-corrected chi connectivity index (χ1v) is 13.8. The molecule has 4 saturated carbocycles. The molecule has 0 heterocycles. The number of nitrogens with zero attached hydrogens (tertiary/aromatic N) is 1. The van der Waals surface area contributed by atoms with Gasteiger partial charge in [-0.25, -0.2) is 0 Å². The molecule has 0 aromatic heterocycles. The van der Waals surface area contributed by atoms with Crippen LogP contribution in [0.25, 0.3) is 0 Å². The predicted octanol–water partition coefficient (Wildman–Crippen LogP) is 6.16. The highest BCUT2D eigenvalue weighted by Gasteiger charge is 2.71. The molecule has 0 saturated heterocycles. The lowest BCUT2D eigenvalue weighted by Crippen LogP contribution is -2.66. The van der Waals surface area contributed by atoms with E-state index in [0.717, 1.165) is 56.9 Å². The Bertz CT molecular complexity index is 935. The Morgan fingerprint density at radius 1 is 1.06 bits per heavy atom. The fourth-order valence-electron chi connectivity index (χ4n) is 10.7. The second-order valence-corrected chi connectivity index (χ2v) is 14.2. The molecule has 5 nitrogen and oxygen atoms in total. The molecule has 3 N–H and O–H groups in total. The summed E-state index contributed by atoms with van der Waals surface area (Å²) in [6.07, 6.45) is 6.10. The molecular formula is C30H47NO4. The van der Waals surface area contributed by atoms with Crippen molar-refractivity contribution in [3.8, 4) is 6.07 Å². The van der Waals surface area contributed by atoms with Gasteiger partial charge in [0.2, 0.25) is 0 Å². The van der Waals surface area contributed by atoms with Crippen LogP contribution in [0.15, 0.2) is 12.2 Å². The maximum atomic E-state index is 12.8. The van der Waals surface area contributed by atoms with E-state index in [1.165, 1.54) is 0 Å². The number of carboxylic acid groups (broad SMARTS) is 1. The van der Waals surface area contributed by atoms with Gasteiger partial charge >= 0.3 is 5.97 Å². The molecule has 0 bridgehead atoms. The first kappa shape index (κ1) is 26.7. The van der Waals surface area contributed by atoms with Crippen LogP contribution in [-0.4, -0.2) is 27.6 Å². The van der Waals surface area contributed by atoms with E-state index in [1.807, 2.05) is 13.8 Å². The lowest BCUT2D eigenvalue weighted by molar-refractivity contribution is -0.247. The summed E-state index contributed by atoms with van der Waals surface area (Å²) in [6.45, 7) is 17.3. The highest BCUT2D eigenvalue weighted by molar-refractivity contribution is 5.76. The summed E-state index contributed by atoms with van der Waals surface area (Å²) in [5.74, 6) is 0.430. The summed E-state index contributed by atoms with van der Waals surface area (Å²) >= 11 is 0. The van der Waals surface area contributed by atoms with Crippen LogP contribution in [0.1, 0.15) is 99.3 Å². The number of fused-ring (bicyclic) bond motifs is 5. The van der Waals surface area contributed by atoms with Crippen molar-refractivity contribution in [2.75, 3.05) is 0 Å². The van der Waals surface area contributed by atoms with Gasteiger partial charge < -0.3 is 15.3 Å². The van der Waals surface area contributed by atoms with Crippen molar-refractivity contribution in [3.05, 3.63) is 12.2 Å². The Balaban J connectivity index is 1.80. The number of carboxylic acids is 1. The van der Waals surface area contributed by atoms with Crippen LogP contribution in [-0.2, 0) is 4.79 Å². The number of rotatable bonds is 5. The Labute approximate surface area is 212 Å². The van der Waals surface area contributed by atoms with Gasteiger partial charge in [0.25, 0.3) is 0 Å². The first-order valence-electron chi connectivity index (χ1n) is 13.8. The Kier molecular flexibility index (Phi) is 6.34. The third-order valence-electron chi connectivity index (χ3n) is 12.8. The van der Waals surface area contributed by atoms with Gasteiger partial charge in [-0.15, -0.1) is 0 Å². The number of aliphatic hydroxyl groups is 2. The second kappa shape index (κ2) is 8.32. The standard InChI is InChI=1S/C30H47NO4/c1-18(2)19-10-13-30(25(34)35)15-14-28(6)20(23(19)30)8-9-22-27(5,16-17-31)21(11-12-29(22,28)7)26(3,4)24(32)33/h19-24,32-33H,1,8-16H2,2-7H3,(H,34,35)/t19-,20?,21?,22?,23?,27-,28+,29+,30?/m0/s1. The zero-order chi connectivity index (χ0) is 26.2. The van der Waals surface area contributed by atoms with Crippen molar-refractivity contribution in [2.45, 2.75) is 106 Å². The van der Waals surface area contributed by atoms with E-state index in [9.17, 15) is 25.4 Å². The Hall–Kier alpha value is -1.38. The molecule has 9 atom stereocenters. The van der Waals surface area contributed by atoms with Crippen molar-refractivity contribution in [3.63, 3.8) is 0 Å². The zero-order valence-electron chi connectivity index (χ0n) is 22.7. The van der Waals surface area contributed by atoms with Crippen molar-refractivity contribution in [1.82, 2.24) is 0 Å². The molecule has 4 fully saturated rings. The Morgan fingerprint density at radius 2 is 1.71 bits per heavy atom. The van der Waals surface area contributed by atoms with Crippen LogP contribution >= 0.6 is 0 Å². The summed E-state index contributed by atoms with van der Waals surface area (Å²) < 4.78 is 0. The molecule has 0 spiro atoms. The fourth-order valence-corrected chi connectivity index (χ4v) is 10.7. The van der Waals surface area contributed by atoms with Gasteiger partial charge in [-0.3, -0.25) is 4.79 Å². The van der Waals surface area contributed by atoms with Crippen LogP contribution in [0.5, 0.6) is 0 Å². The highest BCUT2D eigenvalue weighted by atomic mass is 16.5. The molecule has 4 aliphatic rings. The van der Waals surface area contributed by atoms with E-state index < -0.39 is 23.1 Å². The maximum Gasteiger partial charge on any atom is 0.309 e. The smallest absolute Gasteiger partial charge is 0.309 e. The SMILES string of the molecule is C=C(C)[C@@H]1CCC2(C(=O)O)CC[C@]3(C)C(CCC4[C@@](C)(CC#N)C(C(C)(C)C(O)O)CC[C@]43C)C12. The lowest BCUT2D eigenvalue weighted by Gasteiger charge is -2.71. The van der Waals surface area contributed by atoms with E-state index >= 15 is 0 Å². The summed E-state index contributed by atoms with van der Waals surface area (Å²) in [4.78, 5) is 12.8. The first-order chi connectivity index (χ1) is 16.1. The Morgan fingerprint density at radius 3 is 2.26 bits per heavy atom. The van der Waals surface area contributed by atoms with Gasteiger partial charge in [0.15, 0.2) is 6.29 Å². The molecular weight excluding hydrogens is 438 g/mol. The molecule has 4 aliphatic carbocycles. The lowest BCUT2D eigenvalue weighted by atomic mass is 9.33. The topological polar surface area (TPSA) is 102 Å². The van der Waals surface area contributed by atoms with Gasteiger partial charge in [-0.1, -0.05) is 46.8 Å². The molecule has 5 heteroatoms. The van der Waals surface area contributed by atoms with Crippen LogP contribution in [0, 0.1) is 68.0 Å². The second-order valence-electron chi connectivity index (χ2n) is 14.2. The molecule has 0 amide bonds. The van der Waals surface area contributed by atoms with Gasteiger partial charge in [0, 0.05) is 11.8 Å². The molecule has 4 rings (SSSR count). The number of nitriles is 1. The predicted molar refractivity (Wildman–Crippen MR) is 136 cm³/mol. The number of allylic oxidation sites excluding steroid dienone is 1. The van der Waals surface area contributed by atoms with E-state index in [1.54, 1.807) is 0 Å². The van der Waals surface area contributed by atoms with E-state index in [0.29, 0.717) is 12.3 Å². The molecule has 5 unspecified atom stereocenters. The highest BCUT2D eigenvalue weighted by Crippen LogP contribution is 2.76. The summed E-state index contributed by atoms with van der Waals surface area (Å²) in [5, 5.41) is 41.0. The van der Waals surface area contributed by atoms with E-state index in [-0.39, 0.29) is 39.9 Å². The van der Waals surface area contributed by atoms with Gasteiger partial charge in [0.05, 0.1) is 11.5 Å². The van der Waals surface area contributed by atoms with Crippen LogP contribution < -0.4 is 0 Å². The maximum absolute atomic E-state index is 12.8. The van der Waals surface area contributed by atoms with Crippen molar-refractivity contribution < 1.29 is 20.1 Å². The fraction of sp³-hybridized carbons (Fsp3) is 0.867. The summed E-state index contributed by atoms with van der Waals surface area (Å²) in [5.41, 5.74) is -0.568. The zero-order valence-corrected chi connectivity index (χ0v) is 22.7. The third-order valence-corrected chi connectivity index (χ3v) is 12.8. The normalized spacial score (nSPS) is 47.4. The molecule has 0 aromatic carbocycles. The number of aliphatic carboxylic acids is 1. The molecule has 196 valence electrons. The van der Waals surface area contributed by atoms with Gasteiger partial charge in [-0.05, 0) is 104 Å². The van der Waals surface area contributed by atoms with Gasteiger partial charge in [-0.2, -0.15) is 5.26 Å². The average Bonchev–Trinajstić information content (AvgIpc) is 3.15. The number of hydrogen-bond acceptors (Lipinski definition) is 4. The largest absolute Gasteiger partial charge is 0.481 e. The molecule has 0 aromatic rings. The minimum atomic E-state index is -1.43. The van der Waals surface area contributed by atoms with Crippen LogP contribution in [0.3, 0.4) is 0 Å². The van der Waals surface area contributed by atoms with E-state index in [4.69, 9.17) is 0 Å². The van der Waals surface area contributed by atoms with E-state index in [2.05, 4.69) is 40.3 Å². The monoisotopic (exact) mass is 485 g/mol. The molecule has 0 radical (unpaired) electrons. The van der Waals surface area contributed by atoms with Crippen LogP contribution in [0.4, 0.5) is 0 Å². The number of aliphatic hydroxyl groups excluding tert-OH is 1. The number of hydrogen-bond donors (Lipinski definition) is 3. The van der Waals surface area contributed by atoms with Crippen molar-refractivity contribution in [1.29, 1.82) is 5.26 Å². The van der Waals surface area contributed by atoms with Crippen molar-refractivity contribution >= 4 is 5.97 Å². The number of carbonyl (C=O) groups is 1. The quantitative estimate of drug-likeness (QED) is 0.320. The third kappa shape index (κ3) is 3.35. The van der Waals surface area contributed by atoms with Gasteiger partial charge in [0.1, 0.15) is 0 Å². The van der Waals surface area contributed by atoms with Crippen LogP contribution in [0.2, 0.25) is 0 Å². The molecule has 0 aliphatic heterocycles. The minimum absolute atomic E-state index is 0.0127. The van der Waals surface area contributed by atoms with Crippen molar-refractivity contribution in [2.24, 2.45) is 56.7 Å². The minimum Gasteiger partial charge on any atom is -0.481 e. The average molecular weight is 486 g/mol.